The van der Waals surface area contributed by atoms with Gasteiger partial charge in [0.2, 0.25) is 0 Å². The van der Waals surface area contributed by atoms with Gasteiger partial charge in [0.1, 0.15) is 7.85 Å². The fraction of sp³-hybridized carbons (Fsp3) is 0.143. The molecule has 0 aliphatic heterocycles. The highest BCUT2D eigenvalue weighted by molar-refractivity contribution is 9.08. The zero-order chi connectivity index (χ0) is 7.56. The summed E-state index contributed by atoms with van der Waals surface area (Å²) < 4.78 is 0. The first-order valence-corrected chi connectivity index (χ1v) is 4.55. The Morgan fingerprint density at radius 1 is 1.50 bits per heavy atom. The third-order valence-corrected chi connectivity index (χ3v) is 2.32. The van der Waals surface area contributed by atoms with E-state index in [1.54, 1.807) is 0 Å². The van der Waals surface area contributed by atoms with Crippen LogP contribution < -0.4 is 5.46 Å². The van der Waals surface area contributed by atoms with Gasteiger partial charge in [-0.3, -0.25) is 0 Å². The summed E-state index contributed by atoms with van der Waals surface area (Å²) in [4.78, 5) is 0. The molecule has 0 bridgehead atoms. The van der Waals surface area contributed by atoms with Crippen LogP contribution >= 0.6 is 27.5 Å². The highest BCUT2D eigenvalue weighted by Crippen LogP contribution is 2.15. The Labute approximate surface area is 75.1 Å². The highest BCUT2D eigenvalue weighted by Gasteiger charge is 1.96. The first kappa shape index (κ1) is 8.15. The summed E-state index contributed by atoms with van der Waals surface area (Å²) in [6.45, 7) is 0. The third-order valence-electron chi connectivity index (χ3n) is 1.35. The van der Waals surface area contributed by atoms with E-state index in [0.717, 1.165) is 15.9 Å². The Morgan fingerprint density at radius 2 is 2.20 bits per heavy atom. The normalized spacial score (nSPS) is 9.80. The van der Waals surface area contributed by atoms with Gasteiger partial charge in [-0.15, -0.1) is 0 Å². The zero-order valence-corrected chi connectivity index (χ0v) is 8.04. The van der Waals surface area contributed by atoms with Crippen molar-refractivity contribution in [1.82, 2.24) is 0 Å². The van der Waals surface area contributed by atoms with Crippen molar-refractivity contribution < 1.29 is 0 Å². The maximum Gasteiger partial charge on any atom is 0.139 e. The van der Waals surface area contributed by atoms with E-state index in [2.05, 4.69) is 29.8 Å². The smallest absolute Gasteiger partial charge is 0.0886 e. The molecule has 0 aromatic heterocycles. The molecular formula is C7H7BBrCl. The summed E-state index contributed by atoms with van der Waals surface area (Å²) in [5.74, 6) is 0. The molecule has 0 amide bonds. The van der Waals surface area contributed by atoms with Gasteiger partial charge in [0.15, 0.2) is 0 Å². The van der Waals surface area contributed by atoms with Gasteiger partial charge in [0.25, 0.3) is 0 Å². The molecular weight excluding hydrogens is 210 g/mol. The van der Waals surface area contributed by atoms with Gasteiger partial charge in [0, 0.05) is 10.4 Å². The van der Waals surface area contributed by atoms with Gasteiger partial charge in [-0.2, -0.15) is 0 Å². The van der Waals surface area contributed by atoms with Gasteiger partial charge in [-0.25, -0.2) is 0 Å². The average Bonchev–Trinajstić information content (AvgIpc) is 1.94. The third kappa shape index (κ3) is 1.77. The lowest BCUT2D eigenvalue weighted by molar-refractivity contribution is 1.45. The van der Waals surface area contributed by atoms with Crippen molar-refractivity contribution in [3.8, 4) is 0 Å². The maximum absolute atomic E-state index is 5.87. The van der Waals surface area contributed by atoms with E-state index < -0.39 is 0 Å². The van der Waals surface area contributed by atoms with Gasteiger partial charge in [0.05, 0.1) is 0 Å². The van der Waals surface area contributed by atoms with Crippen LogP contribution in [0.25, 0.3) is 0 Å². The lowest BCUT2D eigenvalue weighted by Gasteiger charge is -1.99. The average molecular weight is 217 g/mol. The fourth-order valence-corrected chi connectivity index (χ4v) is 1.62. The minimum absolute atomic E-state index is 0.827. The second kappa shape index (κ2) is 3.45. The summed E-state index contributed by atoms with van der Waals surface area (Å²) in [6, 6.07) is 6.01. The van der Waals surface area contributed by atoms with Crippen LogP contribution in [0.15, 0.2) is 18.2 Å². The number of alkyl halides is 1. The molecule has 0 saturated carbocycles. The van der Waals surface area contributed by atoms with Gasteiger partial charge in [-0.05, 0) is 11.6 Å². The van der Waals surface area contributed by atoms with Crippen molar-refractivity contribution in [3.63, 3.8) is 0 Å². The molecule has 0 fully saturated rings. The van der Waals surface area contributed by atoms with Crippen LogP contribution in [-0.2, 0) is 5.33 Å². The summed E-state index contributed by atoms with van der Waals surface area (Å²) in [6.07, 6.45) is 0. The Morgan fingerprint density at radius 3 is 2.70 bits per heavy atom. The lowest BCUT2D eigenvalue weighted by atomic mass is 9.95. The van der Waals surface area contributed by atoms with Crippen molar-refractivity contribution in [2.45, 2.75) is 5.33 Å². The summed E-state index contributed by atoms with van der Waals surface area (Å²) in [5.41, 5.74) is 2.40. The molecule has 1 aromatic carbocycles. The van der Waals surface area contributed by atoms with Gasteiger partial charge in [-0.1, -0.05) is 45.1 Å². The van der Waals surface area contributed by atoms with Crippen LogP contribution in [0.4, 0.5) is 0 Å². The van der Waals surface area contributed by atoms with Gasteiger partial charge >= 0.3 is 0 Å². The number of halogens is 2. The van der Waals surface area contributed by atoms with Crippen LogP contribution in [-0.4, -0.2) is 7.85 Å². The Kier molecular flexibility index (Phi) is 2.81. The van der Waals surface area contributed by atoms with Gasteiger partial charge < -0.3 is 0 Å². The number of hydrogen-bond acceptors (Lipinski definition) is 0. The van der Waals surface area contributed by atoms with Crippen molar-refractivity contribution in [2.75, 3.05) is 0 Å². The van der Waals surface area contributed by atoms with Crippen molar-refractivity contribution in [1.29, 1.82) is 0 Å². The molecule has 0 radical (unpaired) electrons. The molecule has 1 rings (SSSR count). The second-order valence-corrected chi connectivity index (χ2v) is 3.20. The standard InChI is InChI=1S/C7H7BBrCl/c8-6-1-2-7(10)5(3-6)4-9/h1-3H,4,8H2. The van der Waals surface area contributed by atoms with E-state index in [-0.39, 0.29) is 0 Å². The second-order valence-electron chi connectivity index (χ2n) is 2.23. The summed E-state index contributed by atoms with van der Waals surface area (Å²) in [5, 5.41) is 1.66. The monoisotopic (exact) mass is 216 g/mol. The number of benzene rings is 1. The maximum atomic E-state index is 5.87. The molecule has 0 spiro atoms. The molecule has 1 aromatic rings. The first-order valence-electron chi connectivity index (χ1n) is 3.05. The Bertz CT molecular complexity index is 237. The molecule has 0 saturated heterocycles. The molecule has 0 aliphatic carbocycles. The van der Waals surface area contributed by atoms with E-state index in [4.69, 9.17) is 11.6 Å². The molecule has 52 valence electrons. The molecule has 0 unspecified atom stereocenters. The van der Waals surface area contributed by atoms with Crippen LogP contribution in [0.5, 0.6) is 0 Å². The minimum atomic E-state index is 0.827. The van der Waals surface area contributed by atoms with E-state index in [1.165, 1.54) is 5.46 Å². The summed E-state index contributed by atoms with van der Waals surface area (Å²) >= 11 is 9.22. The fourth-order valence-electron chi connectivity index (χ4n) is 0.806. The number of hydrogen-bond donors (Lipinski definition) is 0. The molecule has 0 atom stereocenters. The zero-order valence-electron chi connectivity index (χ0n) is 5.70. The van der Waals surface area contributed by atoms with E-state index in [9.17, 15) is 0 Å². The molecule has 3 heteroatoms. The molecule has 10 heavy (non-hydrogen) atoms. The van der Waals surface area contributed by atoms with E-state index in [1.807, 2.05) is 12.1 Å². The SMILES string of the molecule is Bc1ccc(Cl)c(CBr)c1. The quantitative estimate of drug-likeness (QED) is 0.494. The molecule has 0 aliphatic rings. The summed E-state index contributed by atoms with van der Waals surface area (Å²) in [7, 11) is 2.06. The lowest BCUT2D eigenvalue weighted by Crippen LogP contribution is -2.01. The largest absolute Gasteiger partial charge is 0.139 e. The van der Waals surface area contributed by atoms with Crippen LogP contribution in [0.1, 0.15) is 5.56 Å². The topological polar surface area (TPSA) is 0 Å². The number of rotatable bonds is 1. The van der Waals surface area contributed by atoms with Crippen molar-refractivity contribution >= 4 is 40.8 Å². The minimum Gasteiger partial charge on any atom is -0.0886 e. The van der Waals surface area contributed by atoms with Crippen molar-refractivity contribution in [2.24, 2.45) is 0 Å². The molecule has 0 heterocycles. The van der Waals surface area contributed by atoms with E-state index >= 15 is 0 Å². The van der Waals surface area contributed by atoms with Crippen LogP contribution in [0.2, 0.25) is 5.02 Å². The highest BCUT2D eigenvalue weighted by atomic mass is 79.9. The van der Waals surface area contributed by atoms with Crippen LogP contribution in [0.3, 0.4) is 0 Å². The van der Waals surface area contributed by atoms with Crippen molar-refractivity contribution in [3.05, 3.63) is 28.8 Å². The predicted molar refractivity (Wildman–Crippen MR) is 52.3 cm³/mol. The van der Waals surface area contributed by atoms with E-state index in [0.29, 0.717) is 0 Å². The van der Waals surface area contributed by atoms with Crippen LogP contribution in [0, 0.1) is 0 Å². The Balaban J connectivity index is 3.09. The predicted octanol–water partition coefficient (Wildman–Crippen LogP) is 1.49. The molecule has 0 N–H and O–H groups in total. The first-order chi connectivity index (χ1) is 4.74. The molecule has 0 nitrogen and oxygen atoms in total. The Hall–Kier alpha value is 0.0549.